The number of unbranched alkanes of at least 4 members (excludes halogenated alkanes) is 2. The third kappa shape index (κ3) is 10.4. The molecule has 0 amide bonds. The Morgan fingerprint density at radius 3 is 2.67 bits per heavy atom. The van der Waals surface area contributed by atoms with Crippen LogP contribution in [0.1, 0.15) is 19.3 Å². The predicted molar refractivity (Wildman–Crippen MR) is 38.5 cm³/mol. The summed E-state index contributed by atoms with van der Waals surface area (Å²) in [5.41, 5.74) is 0. The Bertz CT molecular complexity index is 172. The van der Waals surface area contributed by atoms with Crippen molar-refractivity contribution in [3.05, 3.63) is 0 Å². The van der Waals surface area contributed by atoms with Crippen LogP contribution in [0.2, 0.25) is 5.02 Å². The topological polar surface area (TPSA) is 26.3 Å². The smallest absolute Gasteiger partial charge is 1.00 e. The molecule has 0 aromatic heterocycles. The van der Waals surface area contributed by atoms with Crippen molar-refractivity contribution < 1.29 is 51.8 Å². The quantitative estimate of drug-likeness (QED) is 0.154. The van der Waals surface area contributed by atoms with Crippen LogP contribution < -0.4 is 24.0 Å². The minimum Gasteiger partial charge on any atom is -1.00 e. The maximum absolute atomic E-state index is 10.5. The van der Waals surface area contributed by atoms with Crippen LogP contribution in [0.4, 0.5) is 0 Å². The molecule has 2 nitrogen and oxygen atoms in total. The van der Waals surface area contributed by atoms with Crippen LogP contribution in [-0.2, 0) is 27.8 Å². The number of hydrogen-bond donors (Lipinski definition) is 0. The van der Waals surface area contributed by atoms with E-state index in [0.717, 1.165) is 12.8 Å². The summed E-state index contributed by atoms with van der Waals surface area (Å²) in [6.07, 6.45) is 3.15. The maximum Gasteiger partial charge on any atom is -1.00 e. The monoisotopic (exact) mass is 330 g/mol. The molecule has 0 aliphatic heterocycles. The molecule has 0 fully saturated rings. The summed E-state index contributed by atoms with van der Waals surface area (Å²) < 4.78 is 4.35. The van der Waals surface area contributed by atoms with E-state index in [-0.39, 0.29) is 24.0 Å². The van der Waals surface area contributed by atoms with Gasteiger partial charge >= 0.3 is 77.0 Å². The third-order valence-corrected chi connectivity index (χ3v) is 2.23. The van der Waals surface area contributed by atoms with E-state index in [0.29, 0.717) is 0 Å². The Hall–Kier alpha value is 0.383. The molecule has 0 spiro atoms. The first-order valence-corrected chi connectivity index (χ1v) is 5.77. The molecule has 4 heteroatoms. The summed E-state index contributed by atoms with van der Waals surface area (Å²) >= 11 is 1.35. The SMILES string of the molecule is COC(=O)C#CCCC[CH2][Zn+].[I-]. The Kier molecular flexibility index (Phi) is 14.1. The van der Waals surface area contributed by atoms with E-state index in [2.05, 4.69) is 16.6 Å². The molecule has 12 heavy (non-hydrogen) atoms. The zero-order valence-electron chi connectivity index (χ0n) is 7.23. The zero-order chi connectivity index (χ0) is 8.53. The van der Waals surface area contributed by atoms with Crippen molar-refractivity contribution in [1.29, 1.82) is 0 Å². The molecule has 0 aromatic carbocycles. The molecule has 0 unspecified atom stereocenters. The first-order valence-electron chi connectivity index (χ1n) is 3.67. The summed E-state index contributed by atoms with van der Waals surface area (Å²) in [7, 11) is 1.34. The number of carbonyl (C=O) groups excluding carboxylic acids is 1. The normalized spacial score (nSPS) is 7.58. The number of hydrogen-bond acceptors (Lipinski definition) is 2. The Morgan fingerprint density at radius 2 is 2.17 bits per heavy atom. The number of carbonyl (C=O) groups is 1. The first-order chi connectivity index (χ1) is 5.31. The maximum atomic E-state index is 10.5. The van der Waals surface area contributed by atoms with Gasteiger partial charge in [-0.2, -0.15) is 0 Å². The van der Waals surface area contributed by atoms with Crippen molar-refractivity contribution in [2.45, 2.75) is 24.3 Å². The van der Waals surface area contributed by atoms with E-state index >= 15 is 0 Å². The molecule has 0 N–H and O–H groups in total. The van der Waals surface area contributed by atoms with Crippen LogP contribution in [0.5, 0.6) is 0 Å². The van der Waals surface area contributed by atoms with Gasteiger partial charge in [-0.15, -0.1) is 0 Å². The second kappa shape index (κ2) is 11.4. The fraction of sp³-hybridized carbons (Fsp3) is 0.625. The second-order valence-electron chi connectivity index (χ2n) is 2.10. The van der Waals surface area contributed by atoms with Crippen LogP contribution in [0.25, 0.3) is 0 Å². The number of methoxy groups -OCH3 is 1. The van der Waals surface area contributed by atoms with Crippen molar-refractivity contribution in [1.82, 2.24) is 0 Å². The van der Waals surface area contributed by atoms with Gasteiger partial charge in [0.25, 0.3) is 0 Å². The van der Waals surface area contributed by atoms with Crippen LogP contribution in [-0.4, -0.2) is 13.1 Å². The van der Waals surface area contributed by atoms with E-state index in [9.17, 15) is 4.79 Å². The zero-order valence-corrected chi connectivity index (χ0v) is 12.4. The average molecular weight is 331 g/mol. The van der Waals surface area contributed by atoms with Crippen LogP contribution in [0, 0.1) is 11.8 Å². The first kappa shape index (κ1) is 14.9. The van der Waals surface area contributed by atoms with Gasteiger partial charge in [-0.1, -0.05) is 0 Å². The summed E-state index contributed by atoms with van der Waals surface area (Å²) in [6.45, 7) is 0. The molecular weight excluding hydrogens is 320 g/mol. The van der Waals surface area contributed by atoms with E-state index in [1.807, 2.05) is 0 Å². The van der Waals surface area contributed by atoms with E-state index in [1.54, 1.807) is 0 Å². The van der Waals surface area contributed by atoms with Crippen molar-refractivity contribution in [2.75, 3.05) is 7.11 Å². The Labute approximate surface area is 101 Å². The van der Waals surface area contributed by atoms with Crippen molar-refractivity contribution in [3.8, 4) is 11.8 Å². The third-order valence-electron chi connectivity index (χ3n) is 1.18. The number of esters is 1. The van der Waals surface area contributed by atoms with E-state index in [4.69, 9.17) is 0 Å². The summed E-state index contributed by atoms with van der Waals surface area (Å²) in [4.78, 5) is 10.5. The summed E-state index contributed by atoms with van der Waals surface area (Å²) in [5, 5.41) is 1.31. The van der Waals surface area contributed by atoms with Crippen LogP contribution >= 0.6 is 0 Å². The Morgan fingerprint density at radius 1 is 1.50 bits per heavy atom. The molecule has 0 radical (unpaired) electrons. The van der Waals surface area contributed by atoms with Crippen molar-refractivity contribution in [3.63, 3.8) is 0 Å². The number of ether oxygens (including phenoxy) is 1. The molecule has 0 rings (SSSR count). The molecule has 0 aliphatic carbocycles. The van der Waals surface area contributed by atoms with Gasteiger partial charge in [0, 0.05) is 0 Å². The molecule has 0 aliphatic rings. The Balaban J connectivity index is 0. The van der Waals surface area contributed by atoms with Gasteiger partial charge in [0.15, 0.2) is 0 Å². The van der Waals surface area contributed by atoms with Gasteiger partial charge in [0.2, 0.25) is 0 Å². The van der Waals surface area contributed by atoms with Crippen LogP contribution in [0.3, 0.4) is 0 Å². The van der Waals surface area contributed by atoms with E-state index < -0.39 is 5.97 Å². The number of rotatable bonds is 3. The predicted octanol–water partition coefficient (Wildman–Crippen LogP) is -1.70. The van der Waals surface area contributed by atoms with Crippen molar-refractivity contribution in [2.24, 2.45) is 0 Å². The van der Waals surface area contributed by atoms with Gasteiger partial charge in [-0.05, 0) is 0 Å². The standard InChI is InChI=1S/C8H11O2.HI.Zn/c1-3-4-5-6-7-8(9)10-2;;/h1,3-5H2,2H3;1H;/q;;+1/p-1. The molecule has 0 saturated carbocycles. The minimum absolute atomic E-state index is 0. The number of halogens is 1. The van der Waals surface area contributed by atoms with Crippen molar-refractivity contribution >= 4 is 5.97 Å². The molecule has 64 valence electrons. The molecule has 0 bridgehead atoms. The summed E-state index contributed by atoms with van der Waals surface area (Å²) in [5.74, 6) is 4.72. The molecule has 0 saturated heterocycles. The summed E-state index contributed by atoms with van der Waals surface area (Å²) in [6, 6.07) is 0. The minimum atomic E-state index is -0.435. The van der Waals surface area contributed by atoms with Gasteiger partial charge in [-0.25, -0.2) is 0 Å². The molecule has 0 atom stereocenters. The van der Waals surface area contributed by atoms with Gasteiger partial charge in [0.1, 0.15) is 0 Å². The fourth-order valence-electron chi connectivity index (χ4n) is 0.576. The van der Waals surface area contributed by atoms with E-state index in [1.165, 1.54) is 36.8 Å². The second-order valence-corrected chi connectivity index (χ2v) is 3.59. The molecular formula is C8H11IO2Zn. The molecule has 0 aromatic rings. The average Bonchev–Trinajstić information content (AvgIpc) is 2.04. The van der Waals surface area contributed by atoms with Crippen LogP contribution in [0.15, 0.2) is 0 Å². The molecule has 0 heterocycles. The van der Waals surface area contributed by atoms with Gasteiger partial charge in [-0.3, -0.25) is 0 Å². The largest absolute Gasteiger partial charge is 1.00 e. The fourth-order valence-corrected chi connectivity index (χ4v) is 1.32. The van der Waals surface area contributed by atoms with Gasteiger partial charge < -0.3 is 24.0 Å². The van der Waals surface area contributed by atoms with Gasteiger partial charge in [0.05, 0.1) is 0 Å².